The van der Waals surface area contributed by atoms with Crippen LogP contribution < -0.4 is 0 Å². The molecule has 1 unspecified atom stereocenters. The van der Waals surface area contributed by atoms with Crippen molar-refractivity contribution in [3.05, 3.63) is 26.6 Å². The average molecular weight is 324 g/mol. The van der Waals surface area contributed by atoms with Crippen LogP contribution >= 0.6 is 31.9 Å². The van der Waals surface area contributed by atoms with E-state index in [4.69, 9.17) is 0 Å². The molecular formula is C10H12Br2O2. The van der Waals surface area contributed by atoms with Crippen molar-refractivity contribution in [3.8, 4) is 5.75 Å². The van der Waals surface area contributed by atoms with Gasteiger partial charge in [0.05, 0.1) is 10.6 Å². The van der Waals surface area contributed by atoms with E-state index < -0.39 is 6.10 Å². The number of aliphatic hydroxyl groups excluding tert-OH is 1. The Bertz CT molecular complexity index is 326. The molecule has 0 fully saturated rings. The standard InChI is InChI=1S/C10H12Br2O2/c1-2-3-9(13)7-4-6(11)5-8(12)10(7)14/h4-5,9,13-14H,2-3H2,1H3. The molecule has 0 saturated carbocycles. The summed E-state index contributed by atoms with van der Waals surface area (Å²) in [5, 5.41) is 19.4. The van der Waals surface area contributed by atoms with Crippen LogP contribution in [0.1, 0.15) is 31.4 Å². The lowest BCUT2D eigenvalue weighted by atomic mass is 10.0. The molecule has 0 bridgehead atoms. The summed E-state index contributed by atoms with van der Waals surface area (Å²) >= 11 is 6.54. The molecule has 0 aliphatic rings. The molecule has 0 aliphatic carbocycles. The van der Waals surface area contributed by atoms with Gasteiger partial charge in [-0.15, -0.1) is 0 Å². The first-order valence-corrected chi connectivity index (χ1v) is 6.00. The molecule has 0 heterocycles. The number of halogens is 2. The highest BCUT2D eigenvalue weighted by Crippen LogP contribution is 2.36. The lowest BCUT2D eigenvalue weighted by molar-refractivity contribution is 0.162. The van der Waals surface area contributed by atoms with E-state index in [0.717, 1.165) is 10.9 Å². The molecule has 4 heteroatoms. The van der Waals surface area contributed by atoms with Crippen LogP contribution in [0.5, 0.6) is 5.75 Å². The Morgan fingerprint density at radius 2 is 2.00 bits per heavy atom. The molecule has 2 nitrogen and oxygen atoms in total. The SMILES string of the molecule is CCCC(O)c1cc(Br)cc(Br)c1O. The molecule has 0 aliphatic heterocycles. The molecule has 1 atom stereocenters. The van der Waals surface area contributed by atoms with Gasteiger partial charge in [-0.1, -0.05) is 29.3 Å². The molecule has 2 N–H and O–H groups in total. The van der Waals surface area contributed by atoms with Gasteiger partial charge >= 0.3 is 0 Å². The molecule has 1 aromatic rings. The van der Waals surface area contributed by atoms with Gasteiger partial charge in [-0.3, -0.25) is 0 Å². The molecule has 14 heavy (non-hydrogen) atoms. The fourth-order valence-corrected chi connectivity index (χ4v) is 2.53. The Labute approximate surface area is 100 Å². The van der Waals surface area contributed by atoms with Crippen LogP contribution in [-0.2, 0) is 0 Å². The third-order valence-electron chi connectivity index (χ3n) is 1.98. The number of phenols is 1. The predicted molar refractivity (Wildman–Crippen MR) is 63.4 cm³/mol. The summed E-state index contributed by atoms with van der Waals surface area (Å²) in [5.41, 5.74) is 0.563. The highest BCUT2D eigenvalue weighted by Gasteiger charge is 2.14. The Hall–Kier alpha value is -0.0600. The van der Waals surface area contributed by atoms with Gasteiger partial charge in [-0.05, 0) is 34.5 Å². The van der Waals surface area contributed by atoms with Crippen molar-refractivity contribution in [2.24, 2.45) is 0 Å². The number of hydrogen-bond acceptors (Lipinski definition) is 2. The molecule has 0 radical (unpaired) electrons. The van der Waals surface area contributed by atoms with Crippen molar-refractivity contribution in [2.75, 3.05) is 0 Å². The van der Waals surface area contributed by atoms with Crippen LogP contribution in [0.2, 0.25) is 0 Å². The van der Waals surface area contributed by atoms with Crippen molar-refractivity contribution in [1.82, 2.24) is 0 Å². The van der Waals surface area contributed by atoms with Crippen LogP contribution in [0, 0.1) is 0 Å². The lowest BCUT2D eigenvalue weighted by Crippen LogP contribution is -1.97. The van der Waals surface area contributed by atoms with E-state index in [-0.39, 0.29) is 5.75 Å². The Morgan fingerprint density at radius 3 is 2.57 bits per heavy atom. The van der Waals surface area contributed by atoms with Gasteiger partial charge < -0.3 is 10.2 Å². The van der Waals surface area contributed by atoms with Gasteiger partial charge in [0.1, 0.15) is 5.75 Å². The summed E-state index contributed by atoms with van der Waals surface area (Å²) in [6, 6.07) is 3.48. The van der Waals surface area contributed by atoms with Crippen molar-refractivity contribution < 1.29 is 10.2 Å². The Morgan fingerprint density at radius 1 is 1.36 bits per heavy atom. The predicted octanol–water partition coefficient (Wildman–Crippen LogP) is 3.75. The summed E-state index contributed by atoms with van der Waals surface area (Å²) in [6.07, 6.45) is 0.926. The zero-order valence-electron chi connectivity index (χ0n) is 7.80. The number of rotatable bonds is 3. The second-order valence-corrected chi connectivity index (χ2v) is 4.90. The third-order valence-corrected chi connectivity index (χ3v) is 3.04. The van der Waals surface area contributed by atoms with Gasteiger partial charge in [0.25, 0.3) is 0 Å². The fraction of sp³-hybridized carbons (Fsp3) is 0.400. The van der Waals surface area contributed by atoms with Gasteiger partial charge in [-0.25, -0.2) is 0 Å². The average Bonchev–Trinajstić information content (AvgIpc) is 2.11. The van der Waals surface area contributed by atoms with Gasteiger partial charge in [-0.2, -0.15) is 0 Å². The number of benzene rings is 1. The highest BCUT2D eigenvalue weighted by atomic mass is 79.9. The van der Waals surface area contributed by atoms with E-state index in [1.54, 1.807) is 12.1 Å². The molecular weight excluding hydrogens is 312 g/mol. The van der Waals surface area contributed by atoms with Crippen LogP contribution in [0.25, 0.3) is 0 Å². The van der Waals surface area contributed by atoms with Crippen molar-refractivity contribution in [2.45, 2.75) is 25.9 Å². The summed E-state index contributed by atoms with van der Waals surface area (Å²) in [6.45, 7) is 1.99. The van der Waals surface area contributed by atoms with E-state index in [2.05, 4.69) is 31.9 Å². The Balaban J connectivity index is 3.07. The first-order chi connectivity index (χ1) is 6.56. The molecule has 1 rings (SSSR count). The lowest BCUT2D eigenvalue weighted by Gasteiger charge is -2.13. The third kappa shape index (κ3) is 2.72. The zero-order valence-corrected chi connectivity index (χ0v) is 11.0. The molecule has 0 spiro atoms. The summed E-state index contributed by atoms with van der Waals surface area (Å²) in [4.78, 5) is 0. The second kappa shape index (κ2) is 5.14. The smallest absolute Gasteiger partial charge is 0.135 e. The summed E-state index contributed by atoms with van der Waals surface area (Å²) in [7, 11) is 0. The first kappa shape index (κ1) is 12.0. The first-order valence-electron chi connectivity index (χ1n) is 4.42. The van der Waals surface area contributed by atoms with E-state index in [0.29, 0.717) is 16.5 Å². The van der Waals surface area contributed by atoms with Gasteiger partial charge in [0.15, 0.2) is 0 Å². The summed E-state index contributed by atoms with van der Waals surface area (Å²) in [5.74, 6) is 0.120. The Kier molecular flexibility index (Phi) is 4.41. The van der Waals surface area contributed by atoms with Crippen molar-refractivity contribution in [3.63, 3.8) is 0 Å². The molecule has 0 aromatic heterocycles. The normalized spacial score (nSPS) is 12.9. The molecule has 0 amide bonds. The number of aromatic hydroxyl groups is 1. The van der Waals surface area contributed by atoms with Gasteiger partial charge in [0.2, 0.25) is 0 Å². The maximum Gasteiger partial charge on any atom is 0.135 e. The minimum absolute atomic E-state index is 0.120. The van der Waals surface area contributed by atoms with Crippen LogP contribution in [0.4, 0.5) is 0 Å². The number of phenolic OH excluding ortho intramolecular Hbond substituents is 1. The van der Waals surface area contributed by atoms with Crippen molar-refractivity contribution >= 4 is 31.9 Å². The van der Waals surface area contributed by atoms with E-state index in [9.17, 15) is 10.2 Å². The largest absolute Gasteiger partial charge is 0.506 e. The molecule has 1 aromatic carbocycles. The maximum atomic E-state index is 9.75. The monoisotopic (exact) mass is 322 g/mol. The number of hydrogen-bond donors (Lipinski definition) is 2. The minimum Gasteiger partial charge on any atom is -0.506 e. The van der Waals surface area contributed by atoms with E-state index in [1.165, 1.54) is 0 Å². The van der Waals surface area contributed by atoms with Crippen LogP contribution in [-0.4, -0.2) is 10.2 Å². The van der Waals surface area contributed by atoms with Crippen molar-refractivity contribution in [1.29, 1.82) is 0 Å². The van der Waals surface area contributed by atoms with Crippen LogP contribution in [0.15, 0.2) is 21.1 Å². The zero-order chi connectivity index (χ0) is 10.7. The second-order valence-electron chi connectivity index (χ2n) is 3.13. The maximum absolute atomic E-state index is 9.75. The van der Waals surface area contributed by atoms with Crippen LogP contribution in [0.3, 0.4) is 0 Å². The summed E-state index contributed by atoms with van der Waals surface area (Å²) < 4.78 is 1.43. The molecule has 78 valence electrons. The highest BCUT2D eigenvalue weighted by molar-refractivity contribution is 9.11. The quantitative estimate of drug-likeness (QED) is 0.889. The molecule has 0 saturated heterocycles. The number of aliphatic hydroxyl groups is 1. The van der Waals surface area contributed by atoms with E-state index >= 15 is 0 Å². The van der Waals surface area contributed by atoms with Gasteiger partial charge in [0, 0.05) is 10.0 Å². The minimum atomic E-state index is -0.603. The van der Waals surface area contributed by atoms with E-state index in [1.807, 2.05) is 6.92 Å². The topological polar surface area (TPSA) is 40.5 Å². The fourth-order valence-electron chi connectivity index (χ4n) is 1.27.